The number of likely N-dealkylation sites (tertiary alicyclic amines) is 1. The maximum absolute atomic E-state index is 10.1. The maximum Gasteiger partial charge on any atom is 0.0695 e. The number of aliphatic hydroxyl groups is 1. The molecule has 0 radical (unpaired) electrons. The largest absolute Gasteiger partial charge is 0.391 e. The average molecular weight is 212 g/mol. The first-order valence-electron chi connectivity index (χ1n) is 6.41. The fourth-order valence-corrected chi connectivity index (χ4v) is 3.23. The van der Waals surface area contributed by atoms with Gasteiger partial charge in [-0.25, -0.2) is 0 Å². The van der Waals surface area contributed by atoms with E-state index in [1.807, 2.05) is 7.05 Å². The number of hydrogen-bond acceptors (Lipinski definition) is 3. The molecule has 2 aliphatic rings. The highest BCUT2D eigenvalue weighted by Crippen LogP contribution is 2.29. The lowest BCUT2D eigenvalue weighted by Crippen LogP contribution is -2.50. The number of hydrogen-bond donors (Lipinski definition) is 2. The third-order valence-corrected chi connectivity index (χ3v) is 3.98. The second kappa shape index (κ2) is 5.28. The van der Waals surface area contributed by atoms with Crippen molar-refractivity contribution in [1.82, 2.24) is 10.2 Å². The van der Waals surface area contributed by atoms with Crippen LogP contribution in [0, 0.1) is 0 Å². The summed E-state index contributed by atoms with van der Waals surface area (Å²) in [7, 11) is 2.02. The van der Waals surface area contributed by atoms with Gasteiger partial charge in [0.1, 0.15) is 0 Å². The van der Waals surface area contributed by atoms with Gasteiger partial charge in [-0.3, -0.25) is 4.90 Å². The number of aliphatic hydroxyl groups excluding tert-OH is 1. The van der Waals surface area contributed by atoms with E-state index in [4.69, 9.17) is 0 Å². The molecule has 2 unspecified atom stereocenters. The first-order valence-corrected chi connectivity index (χ1v) is 6.41. The Labute approximate surface area is 92.8 Å². The van der Waals surface area contributed by atoms with Crippen molar-refractivity contribution < 1.29 is 5.11 Å². The Kier molecular flexibility index (Phi) is 4.00. The lowest BCUT2D eigenvalue weighted by atomic mass is 9.91. The van der Waals surface area contributed by atoms with Gasteiger partial charge in [0.25, 0.3) is 0 Å². The molecule has 3 heteroatoms. The van der Waals surface area contributed by atoms with Crippen molar-refractivity contribution in [3.63, 3.8) is 0 Å². The Balaban J connectivity index is 1.94. The number of nitrogens with zero attached hydrogens (tertiary/aromatic N) is 1. The average Bonchev–Trinajstić information content (AvgIpc) is 2.67. The number of rotatable bonds is 3. The van der Waals surface area contributed by atoms with E-state index in [1.54, 1.807) is 0 Å². The van der Waals surface area contributed by atoms with Crippen LogP contribution in [-0.2, 0) is 0 Å². The highest BCUT2D eigenvalue weighted by Gasteiger charge is 2.35. The summed E-state index contributed by atoms with van der Waals surface area (Å²) in [6.07, 6.45) is 7.23. The zero-order valence-electron chi connectivity index (χ0n) is 9.78. The third-order valence-electron chi connectivity index (χ3n) is 3.98. The highest BCUT2D eigenvalue weighted by atomic mass is 16.3. The monoisotopic (exact) mass is 212 g/mol. The summed E-state index contributed by atoms with van der Waals surface area (Å²) >= 11 is 0. The van der Waals surface area contributed by atoms with E-state index in [1.165, 1.54) is 38.6 Å². The third kappa shape index (κ3) is 2.52. The van der Waals surface area contributed by atoms with Gasteiger partial charge in [-0.15, -0.1) is 0 Å². The Morgan fingerprint density at radius 1 is 1.20 bits per heavy atom. The zero-order chi connectivity index (χ0) is 10.7. The normalized spacial score (nSPS) is 38.4. The predicted molar refractivity (Wildman–Crippen MR) is 61.9 cm³/mol. The molecule has 0 aromatic rings. The van der Waals surface area contributed by atoms with Gasteiger partial charge in [-0.1, -0.05) is 12.8 Å². The summed E-state index contributed by atoms with van der Waals surface area (Å²) in [5.74, 6) is 0. The lowest BCUT2D eigenvalue weighted by molar-refractivity contribution is 0.0140. The van der Waals surface area contributed by atoms with Gasteiger partial charge in [-0.2, -0.15) is 0 Å². The smallest absolute Gasteiger partial charge is 0.0695 e. The fourth-order valence-electron chi connectivity index (χ4n) is 3.23. The van der Waals surface area contributed by atoms with E-state index in [0.29, 0.717) is 12.1 Å². The van der Waals surface area contributed by atoms with Crippen molar-refractivity contribution in [3.05, 3.63) is 0 Å². The van der Waals surface area contributed by atoms with Crippen molar-refractivity contribution in [3.8, 4) is 0 Å². The molecule has 2 fully saturated rings. The van der Waals surface area contributed by atoms with E-state index in [2.05, 4.69) is 10.2 Å². The van der Waals surface area contributed by atoms with E-state index < -0.39 is 0 Å². The minimum atomic E-state index is -0.0730. The Bertz CT molecular complexity index is 198. The van der Waals surface area contributed by atoms with Gasteiger partial charge in [0.05, 0.1) is 6.10 Å². The molecule has 0 amide bonds. The topological polar surface area (TPSA) is 35.5 Å². The highest BCUT2D eigenvalue weighted by molar-refractivity contribution is 4.91. The van der Waals surface area contributed by atoms with Crippen LogP contribution >= 0.6 is 0 Å². The van der Waals surface area contributed by atoms with E-state index in [0.717, 1.165) is 13.0 Å². The van der Waals surface area contributed by atoms with Crippen LogP contribution < -0.4 is 5.32 Å². The van der Waals surface area contributed by atoms with Crippen molar-refractivity contribution in [2.24, 2.45) is 0 Å². The molecular formula is C12H24N2O. The van der Waals surface area contributed by atoms with Crippen LogP contribution in [0.2, 0.25) is 0 Å². The van der Waals surface area contributed by atoms with Crippen molar-refractivity contribution >= 4 is 0 Å². The lowest BCUT2D eigenvalue weighted by Gasteiger charge is -2.38. The molecule has 2 rings (SSSR count). The minimum absolute atomic E-state index is 0.0730. The summed E-state index contributed by atoms with van der Waals surface area (Å²) in [6, 6.07) is 1.10. The van der Waals surface area contributed by atoms with Crippen molar-refractivity contribution in [2.75, 3.05) is 20.1 Å². The molecule has 15 heavy (non-hydrogen) atoms. The SMILES string of the molecule is CNCC1CCCN1C1CCCC[C@H]1O. The molecule has 1 saturated carbocycles. The number of nitrogens with one attached hydrogen (secondary N) is 1. The van der Waals surface area contributed by atoms with Gasteiger partial charge in [0.2, 0.25) is 0 Å². The summed E-state index contributed by atoms with van der Waals surface area (Å²) in [5, 5.41) is 13.3. The quantitative estimate of drug-likeness (QED) is 0.732. The van der Waals surface area contributed by atoms with E-state index in [9.17, 15) is 5.11 Å². The first-order chi connectivity index (χ1) is 7.33. The van der Waals surface area contributed by atoms with Crippen LogP contribution in [-0.4, -0.2) is 48.3 Å². The predicted octanol–water partition coefficient (Wildman–Crippen LogP) is 0.974. The summed E-state index contributed by atoms with van der Waals surface area (Å²) in [4.78, 5) is 2.56. The standard InChI is InChI=1S/C12H24N2O/c1-13-9-10-5-4-8-14(10)11-6-2-3-7-12(11)15/h10-13,15H,2-9H2,1H3/t10?,11?,12-/m1/s1. The molecule has 3 atom stereocenters. The summed E-state index contributed by atoms with van der Waals surface area (Å²) in [5.41, 5.74) is 0. The molecule has 1 heterocycles. The van der Waals surface area contributed by atoms with Crippen LogP contribution in [0.5, 0.6) is 0 Å². The summed E-state index contributed by atoms with van der Waals surface area (Å²) < 4.78 is 0. The van der Waals surface area contributed by atoms with Gasteiger partial charge in [0, 0.05) is 18.6 Å². The fraction of sp³-hybridized carbons (Fsp3) is 1.00. The molecule has 0 aromatic carbocycles. The molecule has 88 valence electrons. The molecule has 1 saturated heterocycles. The Morgan fingerprint density at radius 2 is 2.00 bits per heavy atom. The molecule has 0 spiro atoms. The molecular weight excluding hydrogens is 188 g/mol. The van der Waals surface area contributed by atoms with Crippen LogP contribution in [0.4, 0.5) is 0 Å². The van der Waals surface area contributed by atoms with Gasteiger partial charge >= 0.3 is 0 Å². The second-order valence-electron chi connectivity index (χ2n) is 5.01. The molecule has 2 N–H and O–H groups in total. The minimum Gasteiger partial charge on any atom is -0.391 e. The zero-order valence-corrected chi connectivity index (χ0v) is 9.78. The van der Waals surface area contributed by atoms with Crippen LogP contribution in [0.1, 0.15) is 38.5 Å². The molecule has 0 bridgehead atoms. The van der Waals surface area contributed by atoms with E-state index >= 15 is 0 Å². The first kappa shape index (κ1) is 11.4. The summed E-state index contributed by atoms with van der Waals surface area (Å²) in [6.45, 7) is 2.26. The van der Waals surface area contributed by atoms with Gasteiger partial charge < -0.3 is 10.4 Å². The van der Waals surface area contributed by atoms with Gasteiger partial charge in [0.15, 0.2) is 0 Å². The van der Waals surface area contributed by atoms with Crippen molar-refractivity contribution in [1.29, 1.82) is 0 Å². The Hall–Kier alpha value is -0.120. The molecule has 0 aromatic heterocycles. The molecule has 3 nitrogen and oxygen atoms in total. The van der Waals surface area contributed by atoms with Crippen LogP contribution in [0.25, 0.3) is 0 Å². The maximum atomic E-state index is 10.1. The van der Waals surface area contributed by atoms with Crippen LogP contribution in [0.15, 0.2) is 0 Å². The van der Waals surface area contributed by atoms with Crippen molar-refractivity contribution in [2.45, 2.75) is 56.7 Å². The van der Waals surface area contributed by atoms with Crippen LogP contribution in [0.3, 0.4) is 0 Å². The molecule has 1 aliphatic carbocycles. The molecule has 1 aliphatic heterocycles. The number of likely N-dealkylation sites (N-methyl/N-ethyl adjacent to an activating group) is 1. The second-order valence-corrected chi connectivity index (χ2v) is 5.01. The van der Waals surface area contributed by atoms with E-state index in [-0.39, 0.29) is 6.10 Å². The van der Waals surface area contributed by atoms with Gasteiger partial charge in [-0.05, 0) is 39.3 Å². The Morgan fingerprint density at radius 3 is 2.73 bits per heavy atom.